The zero-order valence-corrected chi connectivity index (χ0v) is 5.75. The molecule has 0 aromatic rings. The quantitative estimate of drug-likeness (QED) is 0.316. The molecule has 0 saturated heterocycles. The molecule has 0 aromatic carbocycles. The average Bonchev–Trinajstić information content (AvgIpc) is 0. The Balaban J connectivity index is 0. The summed E-state index contributed by atoms with van der Waals surface area (Å²) in [6.07, 6.45) is 0. The zero-order chi connectivity index (χ0) is 0. The third-order valence-corrected chi connectivity index (χ3v) is 0. The molecule has 2 nitrogen and oxygen atoms in total. The fourth-order valence-corrected chi connectivity index (χ4v) is 0. The first-order chi connectivity index (χ1) is 0. The minimum absolute atomic E-state index is 0. The third kappa shape index (κ3) is 35.4. The molecule has 0 rings (SSSR count). The van der Waals surface area contributed by atoms with E-state index in [0.29, 0.717) is 0 Å². The Labute approximate surface area is 81.8 Å². The summed E-state index contributed by atoms with van der Waals surface area (Å²) >= 11 is 0. The van der Waals surface area contributed by atoms with Crippen LogP contribution in [-0.4, -0.2) is 0 Å². The van der Waals surface area contributed by atoms with E-state index in [9.17, 15) is 0 Å². The molecular weight excluding hydrogens is 160 g/mol. The first-order valence-electron chi connectivity index (χ1n) is 0. The van der Waals surface area contributed by atoms with Gasteiger partial charge in [0.2, 0.25) is 0 Å². The van der Waals surface area contributed by atoms with E-state index in [1.165, 1.54) is 0 Å². The topological polar surface area (TPSA) is 57.0 Å². The van der Waals surface area contributed by atoms with Crippen molar-refractivity contribution >= 4 is 0 Å². The van der Waals surface area contributed by atoms with Crippen molar-refractivity contribution in [1.29, 1.82) is 0 Å². The molecule has 0 amide bonds. The molecule has 0 aliphatic heterocycles. The van der Waals surface area contributed by atoms with Crippen LogP contribution in [0, 0.1) is 0 Å². The Kier molecular flexibility index (Phi) is 887. The van der Waals surface area contributed by atoms with Crippen LogP contribution in [0.5, 0.6) is 0 Å². The summed E-state index contributed by atoms with van der Waals surface area (Å²) in [7, 11) is 0. The molecule has 0 unspecified atom stereocenters. The number of hydrogen-bond donors (Lipinski definition) is 0. The van der Waals surface area contributed by atoms with Gasteiger partial charge in [0.1, 0.15) is 0 Å². The first-order valence-corrected chi connectivity index (χ1v) is 0. The van der Waals surface area contributed by atoms with Crippen LogP contribution >= 0.6 is 0 Å². The Bertz CT molecular complexity index is 11.5. The molecule has 0 heterocycles. The van der Waals surface area contributed by atoms with Gasteiger partial charge in [-0.2, -0.15) is 0 Å². The second-order valence-electron chi connectivity index (χ2n) is 0. The molecule has 0 fully saturated rings. The molecule has 0 aromatic heterocycles. The van der Waals surface area contributed by atoms with E-state index in [1.807, 2.05) is 0 Å². The molecule has 0 aliphatic carbocycles. The van der Waals surface area contributed by atoms with Crippen molar-refractivity contribution in [3.05, 3.63) is 0 Å². The van der Waals surface area contributed by atoms with Crippen molar-refractivity contribution < 1.29 is 82.5 Å². The molecule has 30 valence electrons. The van der Waals surface area contributed by atoms with Gasteiger partial charge in [-0.15, -0.1) is 0 Å². The molecule has 0 spiro atoms. The van der Waals surface area contributed by atoms with E-state index in [-0.39, 0.29) is 82.5 Å². The van der Waals surface area contributed by atoms with Crippen LogP contribution < -0.4 is 37.7 Å². The van der Waals surface area contributed by atoms with E-state index in [2.05, 4.69) is 0 Å². The summed E-state index contributed by atoms with van der Waals surface area (Å²) < 4.78 is 0. The van der Waals surface area contributed by atoms with Gasteiger partial charge < -0.3 is 11.0 Å². The Hall–Kier alpha value is 2.14. The van der Waals surface area contributed by atoms with Crippen LogP contribution in [-0.2, 0) is 44.8 Å². The van der Waals surface area contributed by atoms with Crippen molar-refractivity contribution in [2.45, 2.75) is 0 Å². The van der Waals surface area contributed by atoms with Gasteiger partial charge >= 0.3 is 54.8 Å². The standard InChI is InChI=1S/Co.2Li.Mn.2O/q;2*+1;+2;2*-2. The van der Waals surface area contributed by atoms with Gasteiger partial charge in [0, 0.05) is 16.8 Å². The molecule has 0 bridgehead atoms. The second-order valence-corrected chi connectivity index (χ2v) is 0. The van der Waals surface area contributed by atoms with Gasteiger partial charge in [-0.1, -0.05) is 0 Å². The van der Waals surface area contributed by atoms with Crippen LogP contribution in [0.1, 0.15) is 0 Å². The summed E-state index contributed by atoms with van der Waals surface area (Å²) in [5, 5.41) is 0. The fourth-order valence-electron chi connectivity index (χ4n) is 0. The Morgan fingerprint density at radius 3 is 0.667 bits per heavy atom. The molecule has 0 saturated carbocycles. The maximum absolute atomic E-state index is 0. The Morgan fingerprint density at radius 1 is 0.667 bits per heavy atom. The zero-order valence-electron chi connectivity index (χ0n) is 3.53. The summed E-state index contributed by atoms with van der Waals surface area (Å²) in [6, 6.07) is 0. The maximum atomic E-state index is 0. The second kappa shape index (κ2) is 58.8. The van der Waals surface area contributed by atoms with E-state index >= 15 is 0 Å². The van der Waals surface area contributed by atoms with Crippen molar-refractivity contribution in [3.8, 4) is 0 Å². The normalized spacial score (nSPS) is 0. The van der Waals surface area contributed by atoms with Crippen LogP contribution in [0.2, 0.25) is 0 Å². The minimum atomic E-state index is 0. The average molecular weight is 160 g/mol. The Morgan fingerprint density at radius 2 is 0.667 bits per heavy atom. The molecule has 0 atom stereocenters. The smallest absolute Gasteiger partial charge is 2.00 e. The predicted molar refractivity (Wildman–Crippen MR) is 1.37 cm³/mol. The van der Waals surface area contributed by atoms with Crippen LogP contribution in [0.3, 0.4) is 0 Å². The van der Waals surface area contributed by atoms with Gasteiger partial charge in [-0.05, 0) is 0 Å². The summed E-state index contributed by atoms with van der Waals surface area (Å²) in [6.45, 7) is 0. The summed E-state index contributed by atoms with van der Waals surface area (Å²) in [4.78, 5) is 0. The van der Waals surface area contributed by atoms with Gasteiger partial charge in [0.25, 0.3) is 0 Å². The van der Waals surface area contributed by atoms with E-state index in [0.717, 1.165) is 0 Å². The summed E-state index contributed by atoms with van der Waals surface area (Å²) in [5.41, 5.74) is 0. The monoisotopic (exact) mass is 160 g/mol. The van der Waals surface area contributed by atoms with Crippen molar-refractivity contribution in [3.63, 3.8) is 0 Å². The molecule has 6 heteroatoms. The fraction of sp³-hybridized carbons (Fsp3) is 0. The van der Waals surface area contributed by atoms with Crippen LogP contribution in [0.4, 0.5) is 0 Å². The molecular formula is CoLi2MnO2. The van der Waals surface area contributed by atoms with Gasteiger partial charge in [0.05, 0.1) is 0 Å². The molecule has 0 N–H and O–H groups in total. The molecule has 0 aliphatic rings. The third-order valence-electron chi connectivity index (χ3n) is 0. The van der Waals surface area contributed by atoms with Gasteiger partial charge in [-0.25, -0.2) is 0 Å². The van der Waals surface area contributed by atoms with Gasteiger partial charge in [-0.3, -0.25) is 0 Å². The number of hydrogen-bond acceptors (Lipinski definition) is 0. The number of rotatable bonds is 0. The molecule has 6 heavy (non-hydrogen) atoms. The largest absolute Gasteiger partial charge is 2.00 e. The van der Waals surface area contributed by atoms with Crippen molar-refractivity contribution in [2.75, 3.05) is 0 Å². The van der Waals surface area contributed by atoms with Crippen LogP contribution in [0.25, 0.3) is 0 Å². The van der Waals surface area contributed by atoms with Crippen LogP contribution in [0.15, 0.2) is 0 Å². The SMILES string of the molecule is [Co].[Li+].[Li+].[Mn+2].[O-2].[O-2]. The maximum Gasteiger partial charge on any atom is 2.00 e. The summed E-state index contributed by atoms with van der Waals surface area (Å²) in [5.74, 6) is 0. The van der Waals surface area contributed by atoms with Crippen molar-refractivity contribution in [1.82, 2.24) is 0 Å². The molecule has 2 radical (unpaired) electrons. The van der Waals surface area contributed by atoms with E-state index < -0.39 is 0 Å². The first kappa shape index (κ1) is 90.6. The van der Waals surface area contributed by atoms with Gasteiger partial charge in [0.15, 0.2) is 0 Å². The minimum Gasteiger partial charge on any atom is -2.00 e. The predicted octanol–water partition coefficient (Wildman–Crippen LogP) is -6.23. The van der Waals surface area contributed by atoms with E-state index in [4.69, 9.17) is 0 Å². The van der Waals surface area contributed by atoms with Crippen molar-refractivity contribution in [2.24, 2.45) is 0 Å². The van der Waals surface area contributed by atoms with E-state index in [1.54, 1.807) is 0 Å².